The SMILES string of the molecule is CC(=O)NCCCNC(=O)c1cc(-c2ccco2)on1. The molecule has 2 rings (SSSR count). The maximum atomic E-state index is 11.8. The number of carbonyl (C=O) groups excluding carboxylic acids is 2. The third-order valence-corrected chi connectivity index (χ3v) is 2.52. The lowest BCUT2D eigenvalue weighted by Gasteiger charge is -2.03. The van der Waals surface area contributed by atoms with Crippen LogP contribution in [0, 0.1) is 0 Å². The average Bonchev–Trinajstić information content (AvgIpc) is 3.08. The number of amides is 2. The van der Waals surface area contributed by atoms with Gasteiger partial charge in [-0.25, -0.2) is 0 Å². The number of aromatic nitrogens is 1. The van der Waals surface area contributed by atoms with Crippen LogP contribution in [-0.4, -0.2) is 30.1 Å². The van der Waals surface area contributed by atoms with Gasteiger partial charge in [-0.05, 0) is 18.6 Å². The Bertz CT molecular complexity index is 574. The van der Waals surface area contributed by atoms with Crippen LogP contribution in [0.1, 0.15) is 23.8 Å². The van der Waals surface area contributed by atoms with E-state index >= 15 is 0 Å². The Labute approximate surface area is 115 Å². The first-order valence-electron chi connectivity index (χ1n) is 6.20. The zero-order valence-electron chi connectivity index (χ0n) is 11.0. The fourth-order valence-electron chi connectivity index (χ4n) is 1.56. The predicted octanol–water partition coefficient (Wildman–Crippen LogP) is 1.19. The van der Waals surface area contributed by atoms with Crippen LogP contribution in [0.2, 0.25) is 0 Å². The predicted molar refractivity (Wildman–Crippen MR) is 69.8 cm³/mol. The second-order valence-corrected chi connectivity index (χ2v) is 4.15. The topological polar surface area (TPSA) is 97.4 Å². The van der Waals surface area contributed by atoms with E-state index in [0.29, 0.717) is 31.0 Å². The summed E-state index contributed by atoms with van der Waals surface area (Å²) in [6, 6.07) is 4.96. The van der Waals surface area contributed by atoms with E-state index < -0.39 is 0 Å². The molecule has 0 unspecified atom stereocenters. The van der Waals surface area contributed by atoms with Crippen LogP contribution in [0.15, 0.2) is 33.4 Å². The maximum absolute atomic E-state index is 11.8. The van der Waals surface area contributed by atoms with E-state index in [1.807, 2.05) is 0 Å². The number of nitrogens with zero attached hydrogens (tertiary/aromatic N) is 1. The van der Waals surface area contributed by atoms with Crippen LogP contribution >= 0.6 is 0 Å². The fourth-order valence-corrected chi connectivity index (χ4v) is 1.56. The molecule has 2 N–H and O–H groups in total. The summed E-state index contributed by atoms with van der Waals surface area (Å²) < 4.78 is 10.2. The van der Waals surface area contributed by atoms with Gasteiger partial charge in [0.25, 0.3) is 5.91 Å². The van der Waals surface area contributed by atoms with Gasteiger partial charge in [0.05, 0.1) is 6.26 Å². The molecule has 2 heterocycles. The van der Waals surface area contributed by atoms with Crippen LogP contribution in [0.3, 0.4) is 0 Å². The Kier molecular flexibility index (Phi) is 4.54. The lowest BCUT2D eigenvalue weighted by Crippen LogP contribution is -2.28. The first-order valence-corrected chi connectivity index (χ1v) is 6.20. The summed E-state index contributed by atoms with van der Waals surface area (Å²) in [4.78, 5) is 22.4. The Morgan fingerprint density at radius 3 is 2.75 bits per heavy atom. The highest BCUT2D eigenvalue weighted by atomic mass is 16.5. The van der Waals surface area contributed by atoms with E-state index in [4.69, 9.17) is 8.94 Å². The van der Waals surface area contributed by atoms with Crippen LogP contribution in [0.5, 0.6) is 0 Å². The minimum absolute atomic E-state index is 0.0871. The van der Waals surface area contributed by atoms with Crippen molar-refractivity contribution in [2.45, 2.75) is 13.3 Å². The highest BCUT2D eigenvalue weighted by molar-refractivity contribution is 5.92. The summed E-state index contributed by atoms with van der Waals surface area (Å²) in [6.07, 6.45) is 2.16. The number of hydrogen-bond acceptors (Lipinski definition) is 5. The Morgan fingerprint density at radius 2 is 2.05 bits per heavy atom. The quantitative estimate of drug-likeness (QED) is 0.773. The molecule has 20 heavy (non-hydrogen) atoms. The molecule has 0 saturated carbocycles. The standard InChI is InChI=1S/C13H15N3O4/c1-9(17)14-5-3-6-15-13(18)10-8-12(20-16-10)11-4-2-7-19-11/h2,4,7-8H,3,5-6H2,1H3,(H,14,17)(H,15,18). The molecule has 2 aromatic rings. The van der Waals surface area contributed by atoms with Crippen molar-refractivity contribution >= 4 is 11.8 Å². The minimum Gasteiger partial charge on any atom is -0.461 e. The molecule has 0 radical (unpaired) electrons. The normalized spacial score (nSPS) is 10.2. The Morgan fingerprint density at radius 1 is 1.25 bits per heavy atom. The summed E-state index contributed by atoms with van der Waals surface area (Å²) in [5.41, 5.74) is 0.191. The minimum atomic E-state index is -0.325. The zero-order valence-corrected chi connectivity index (χ0v) is 11.0. The number of carbonyl (C=O) groups is 2. The van der Waals surface area contributed by atoms with Gasteiger partial charge in [-0.2, -0.15) is 0 Å². The second kappa shape index (κ2) is 6.55. The van der Waals surface area contributed by atoms with E-state index in [0.717, 1.165) is 0 Å². The van der Waals surface area contributed by atoms with E-state index in [1.165, 1.54) is 19.3 Å². The van der Waals surface area contributed by atoms with Gasteiger partial charge < -0.3 is 19.6 Å². The fraction of sp³-hybridized carbons (Fsp3) is 0.308. The maximum Gasteiger partial charge on any atom is 0.273 e. The number of furan rings is 1. The molecule has 0 aliphatic rings. The van der Waals surface area contributed by atoms with Gasteiger partial charge in [-0.15, -0.1) is 0 Å². The number of rotatable bonds is 6. The van der Waals surface area contributed by atoms with E-state index in [9.17, 15) is 9.59 Å². The van der Waals surface area contributed by atoms with Gasteiger partial charge in [0.15, 0.2) is 11.5 Å². The lowest BCUT2D eigenvalue weighted by atomic mass is 10.3. The zero-order chi connectivity index (χ0) is 14.4. The smallest absolute Gasteiger partial charge is 0.273 e. The number of nitrogens with one attached hydrogen (secondary N) is 2. The van der Waals surface area contributed by atoms with Gasteiger partial charge in [0.2, 0.25) is 11.7 Å². The Balaban J connectivity index is 1.80. The van der Waals surface area contributed by atoms with E-state index in [1.54, 1.807) is 12.1 Å². The molecule has 7 nitrogen and oxygen atoms in total. The van der Waals surface area contributed by atoms with Crippen LogP contribution in [0.4, 0.5) is 0 Å². The molecule has 0 aliphatic heterocycles. The molecule has 7 heteroatoms. The molecule has 2 aromatic heterocycles. The average molecular weight is 277 g/mol. The van der Waals surface area contributed by atoms with Crippen molar-refractivity contribution in [2.75, 3.05) is 13.1 Å². The summed E-state index contributed by atoms with van der Waals surface area (Å²) in [5.74, 6) is 0.505. The van der Waals surface area contributed by atoms with Crippen molar-refractivity contribution in [3.63, 3.8) is 0 Å². The summed E-state index contributed by atoms with van der Waals surface area (Å²) >= 11 is 0. The highest BCUT2D eigenvalue weighted by Crippen LogP contribution is 2.20. The molecule has 0 fully saturated rings. The van der Waals surface area contributed by atoms with Crippen molar-refractivity contribution < 1.29 is 18.5 Å². The van der Waals surface area contributed by atoms with Gasteiger partial charge in [0.1, 0.15) is 0 Å². The van der Waals surface area contributed by atoms with Crippen LogP contribution < -0.4 is 10.6 Å². The molecule has 106 valence electrons. The van der Waals surface area contributed by atoms with Gasteiger partial charge in [-0.3, -0.25) is 9.59 Å². The van der Waals surface area contributed by atoms with Crippen LogP contribution in [0.25, 0.3) is 11.5 Å². The summed E-state index contributed by atoms with van der Waals surface area (Å²) in [6.45, 7) is 2.41. The molecular weight excluding hydrogens is 262 g/mol. The third-order valence-electron chi connectivity index (χ3n) is 2.52. The van der Waals surface area contributed by atoms with Crippen molar-refractivity contribution in [1.82, 2.24) is 15.8 Å². The molecule has 2 amide bonds. The number of hydrogen-bond donors (Lipinski definition) is 2. The van der Waals surface area contributed by atoms with E-state index in [-0.39, 0.29) is 17.5 Å². The Hall–Kier alpha value is -2.57. The third kappa shape index (κ3) is 3.71. The second-order valence-electron chi connectivity index (χ2n) is 4.15. The van der Waals surface area contributed by atoms with Gasteiger partial charge >= 0.3 is 0 Å². The molecule has 0 atom stereocenters. The molecule has 0 aliphatic carbocycles. The molecule has 0 spiro atoms. The van der Waals surface area contributed by atoms with E-state index in [2.05, 4.69) is 15.8 Å². The molecular formula is C13H15N3O4. The van der Waals surface area contributed by atoms with Gasteiger partial charge in [0, 0.05) is 26.1 Å². The highest BCUT2D eigenvalue weighted by Gasteiger charge is 2.14. The molecule has 0 bridgehead atoms. The monoisotopic (exact) mass is 277 g/mol. The van der Waals surface area contributed by atoms with Gasteiger partial charge in [-0.1, -0.05) is 5.16 Å². The first-order chi connectivity index (χ1) is 9.66. The molecule has 0 aromatic carbocycles. The first kappa shape index (κ1) is 13.9. The van der Waals surface area contributed by atoms with Crippen molar-refractivity contribution in [2.24, 2.45) is 0 Å². The lowest BCUT2D eigenvalue weighted by molar-refractivity contribution is -0.118. The van der Waals surface area contributed by atoms with Crippen molar-refractivity contribution in [3.05, 3.63) is 30.2 Å². The molecule has 0 saturated heterocycles. The van der Waals surface area contributed by atoms with Crippen molar-refractivity contribution in [1.29, 1.82) is 0 Å². The largest absolute Gasteiger partial charge is 0.461 e. The van der Waals surface area contributed by atoms with Crippen molar-refractivity contribution in [3.8, 4) is 11.5 Å². The van der Waals surface area contributed by atoms with Crippen LogP contribution in [-0.2, 0) is 4.79 Å². The summed E-state index contributed by atoms with van der Waals surface area (Å²) in [5, 5.41) is 9.02. The summed E-state index contributed by atoms with van der Waals surface area (Å²) in [7, 11) is 0.